The summed E-state index contributed by atoms with van der Waals surface area (Å²) < 4.78 is 5.32. The van der Waals surface area contributed by atoms with Crippen LogP contribution in [0.1, 0.15) is 43.9 Å². The summed E-state index contributed by atoms with van der Waals surface area (Å²) in [6.45, 7) is 7.58. The fraction of sp³-hybridized carbons (Fsp3) is 0.467. The molecule has 0 atom stereocenters. The molecular formula is C15H20O. The fourth-order valence-corrected chi connectivity index (χ4v) is 1.88. The average Bonchev–Trinajstić information content (AvgIpc) is 2.25. The third-order valence-corrected chi connectivity index (χ3v) is 2.95. The van der Waals surface area contributed by atoms with Gasteiger partial charge in [0.05, 0.1) is 6.26 Å². The van der Waals surface area contributed by atoms with E-state index >= 15 is 0 Å². The molecule has 0 unspecified atom stereocenters. The molecule has 86 valence electrons. The van der Waals surface area contributed by atoms with E-state index < -0.39 is 0 Å². The van der Waals surface area contributed by atoms with E-state index in [1.54, 1.807) is 6.26 Å². The van der Waals surface area contributed by atoms with Crippen molar-refractivity contribution in [2.45, 2.75) is 40.2 Å². The lowest BCUT2D eigenvalue weighted by atomic mass is 9.88. The molecular weight excluding hydrogens is 196 g/mol. The van der Waals surface area contributed by atoms with Crippen molar-refractivity contribution in [1.29, 1.82) is 0 Å². The number of hydrogen-bond donors (Lipinski definition) is 0. The third kappa shape index (κ3) is 2.88. The second-order valence-electron chi connectivity index (χ2n) is 5.71. The number of hydrogen-bond acceptors (Lipinski definition) is 1. The van der Waals surface area contributed by atoms with E-state index in [0.29, 0.717) is 5.41 Å². The van der Waals surface area contributed by atoms with Gasteiger partial charge in [-0.2, -0.15) is 0 Å². The summed E-state index contributed by atoms with van der Waals surface area (Å²) in [6.07, 6.45) is 6.19. The van der Waals surface area contributed by atoms with Gasteiger partial charge in [0.1, 0.15) is 6.61 Å². The van der Waals surface area contributed by atoms with Crippen LogP contribution in [-0.4, -0.2) is 0 Å². The standard InChI is InChI=1S/C15H20O/c1-15(2,3)8-6-12-4-5-13-7-9-16-11-14(13)10-12/h4-5,7,9-10H,6,8,11H2,1-3H3. The Hall–Kier alpha value is -1.24. The summed E-state index contributed by atoms with van der Waals surface area (Å²) in [5.74, 6) is 0. The zero-order valence-corrected chi connectivity index (χ0v) is 10.4. The van der Waals surface area contributed by atoms with Gasteiger partial charge in [-0.25, -0.2) is 0 Å². The summed E-state index contributed by atoms with van der Waals surface area (Å²) in [6, 6.07) is 6.72. The summed E-state index contributed by atoms with van der Waals surface area (Å²) in [7, 11) is 0. The molecule has 0 saturated carbocycles. The molecule has 1 aliphatic rings. The Bertz CT molecular complexity index is 396. The monoisotopic (exact) mass is 216 g/mol. The van der Waals surface area contributed by atoms with Crippen LogP contribution in [0.25, 0.3) is 6.08 Å². The fourth-order valence-electron chi connectivity index (χ4n) is 1.88. The molecule has 0 saturated heterocycles. The third-order valence-electron chi connectivity index (χ3n) is 2.95. The number of rotatable bonds is 2. The van der Waals surface area contributed by atoms with Crippen LogP contribution < -0.4 is 0 Å². The predicted molar refractivity (Wildman–Crippen MR) is 68.0 cm³/mol. The summed E-state index contributed by atoms with van der Waals surface area (Å²) in [4.78, 5) is 0. The molecule has 1 heterocycles. The average molecular weight is 216 g/mol. The van der Waals surface area contributed by atoms with Crippen molar-refractivity contribution in [2.24, 2.45) is 5.41 Å². The van der Waals surface area contributed by atoms with Gasteiger partial charge in [-0.3, -0.25) is 0 Å². The van der Waals surface area contributed by atoms with E-state index in [1.165, 1.54) is 23.1 Å². The van der Waals surface area contributed by atoms with E-state index in [4.69, 9.17) is 4.74 Å². The second-order valence-corrected chi connectivity index (χ2v) is 5.71. The lowest BCUT2D eigenvalue weighted by Gasteiger charge is -2.19. The van der Waals surface area contributed by atoms with E-state index in [2.05, 4.69) is 39.0 Å². The topological polar surface area (TPSA) is 9.23 Å². The zero-order valence-electron chi connectivity index (χ0n) is 10.4. The maximum absolute atomic E-state index is 5.32. The van der Waals surface area contributed by atoms with Crippen molar-refractivity contribution in [3.63, 3.8) is 0 Å². The quantitative estimate of drug-likeness (QED) is 0.721. The maximum Gasteiger partial charge on any atom is 0.113 e. The Morgan fingerprint density at radius 2 is 2.06 bits per heavy atom. The highest BCUT2D eigenvalue weighted by Gasteiger charge is 2.11. The van der Waals surface area contributed by atoms with Gasteiger partial charge in [0.2, 0.25) is 0 Å². The maximum atomic E-state index is 5.32. The molecule has 0 aromatic heterocycles. The van der Waals surface area contributed by atoms with Crippen molar-refractivity contribution in [3.8, 4) is 0 Å². The Labute approximate surface area is 98.1 Å². The van der Waals surface area contributed by atoms with Gasteiger partial charge >= 0.3 is 0 Å². The minimum atomic E-state index is 0.409. The summed E-state index contributed by atoms with van der Waals surface area (Å²) >= 11 is 0. The summed E-state index contributed by atoms with van der Waals surface area (Å²) in [5.41, 5.74) is 4.44. The van der Waals surface area contributed by atoms with E-state index in [-0.39, 0.29) is 0 Å². The lowest BCUT2D eigenvalue weighted by molar-refractivity contribution is 0.234. The Balaban J connectivity index is 2.09. The van der Waals surface area contributed by atoms with Gasteiger partial charge in [0, 0.05) is 0 Å². The summed E-state index contributed by atoms with van der Waals surface area (Å²) in [5, 5.41) is 0. The van der Waals surface area contributed by atoms with Gasteiger partial charge in [-0.05, 0) is 41.0 Å². The first-order valence-corrected chi connectivity index (χ1v) is 5.95. The van der Waals surface area contributed by atoms with Crippen molar-refractivity contribution in [3.05, 3.63) is 41.2 Å². The van der Waals surface area contributed by atoms with Gasteiger partial charge < -0.3 is 4.74 Å². The van der Waals surface area contributed by atoms with Crippen molar-refractivity contribution >= 4 is 6.08 Å². The van der Waals surface area contributed by atoms with E-state index in [9.17, 15) is 0 Å². The number of aryl methyl sites for hydroxylation is 1. The first-order chi connectivity index (χ1) is 7.54. The van der Waals surface area contributed by atoms with Crippen LogP contribution in [0.2, 0.25) is 0 Å². The lowest BCUT2D eigenvalue weighted by Crippen LogP contribution is -2.07. The molecule has 16 heavy (non-hydrogen) atoms. The van der Waals surface area contributed by atoms with Crippen LogP contribution in [-0.2, 0) is 17.8 Å². The van der Waals surface area contributed by atoms with E-state index in [1.807, 2.05) is 6.08 Å². The second kappa shape index (κ2) is 4.32. The van der Waals surface area contributed by atoms with Gasteiger partial charge in [0.25, 0.3) is 0 Å². The van der Waals surface area contributed by atoms with Crippen LogP contribution in [0.15, 0.2) is 24.5 Å². The first kappa shape index (κ1) is 11.3. The smallest absolute Gasteiger partial charge is 0.113 e. The molecule has 1 nitrogen and oxygen atoms in total. The molecule has 0 aliphatic carbocycles. The highest BCUT2D eigenvalue weighted by Crippen LogP contribution is 2.24. The van der Waals surface area contributed by atoms with Gasteiger partial charge in [0.15, 0.2) is 0 Å². The number of fused-ring (bicyclic) bond motifs is 1. The van der Waals surface area contributed by atoms with Crippen LogP contribution in [0.5, 0.6) is 0 Å². The van der Waals surface area contributed by atoms with Crippen LogP contribution in [0, 0.1) is 5.41 Å². The first-order valence-electron chi connectivity index (χ1n) is 5.95. The van der Waals surface area contributed by atoms with Crippen LogP contribution >= 0.6 is 0 Å². The highest BCUT2D eigenvalue weighted by atomic mass is 16.5. The molecule has 1 aliphatic heterocycles. The van der Waals surface area contributed by atoms with Crippen molar-refractivity contribution in [2.75, 3.05) is 0 Å². The van der Waals surface area contributed by atoms with E-state index in [0.717, 1.165) is 13.0 Å². The Kier molecular flexibility index (Phi) is 3.04. The molecule has 0 amide bonds. The van der Waals surface area contributed by atoms with Gasteiger partial charge in [-0.1, -0.05) is 39.0 Å². The normalized spacial score (nSPS) is 14.4. The largest absolute Gasteiger partial charge is 0.496 e. The molecule has 0 N–H and O–H groups in total. The molecule has 1 heteroatoms. The minimum Gasteiger partial charge on any atom is -0.496 e. The van der Waals surface area contributed by atoms with Crippen LogP contribution in [0.4, 0.5) is 0 Å². The highest BCUT2D eigenvalue weighted by molar-refractivity contribution is 5.55. The molecule has 2 rings (SSSR count). The van der Waals surface area contributed by atoms with Crippen molar-refractivity contribution in [1.82, 2.24) is 0 Å². The minimum absolute atomic E-state index is 0.409. The number of ether oxygens (including phenoxy) is 1. The molecule has 0 radical (unpaired) electrons. The molecule has 1 aromatic carbocycles. The van der Waals surface area contributed by atoms with Crippen molar-refractivity contribution < 1.29 is 4.74 Å². The SMILES string of the molecule is CC(C)(C)CCc1ccc2c(c1)COC=C2. The molecule has 0 fully saturated rings. The van der Waals surface area contributed by atoms with Gasteiger partial charge in [-0.15, -0.1) is 0 Å². The molecule has 0 spiro atoms. The molecule has 1 aromatic rings. The Morgan fingerprint density at radius 3 is 2.81 bits per heavy atom. The zero-order chi connectivity index (χ0) is 11.6. The Morgan fingerprint density at radius 1 is 1.25 bits per heavy atom. The molecule has 0 bridgehead atoms. The number of benzene rings is 1. The predicted octanol–water partition coefficient (Wildman–Crippen LogP) is 4.17. The van der Waals surface area contributed by atoms with Crippen LogP contribution in [0.3, 0.4) is 0 Å².